The van der Waals surface area contributed by atoms with Crippen molar-refractivity contribution in [3.8, 4) is 16.9 Å². The Balaban J connectivity index is 1.77. The molecule has 1 heterocycles. The minimum atomic E-state index is -4.73. The van der Waals surface area contributed by atoms with Gasteiger partial charge in [0.2, 0.25) is 0 Å². The first-order valence-corrected chi connectivity index (χ1v) is 10.6. The Morgan fingerprint density at radius 1 is 0.879 bits per heavy atom. The van der Waals surface area contributed by atoms with Crippen LogP contribution < -0.4 is 4.74 Å². The van der Waals surface area contributed by atoms with Crippen LogP contribution in [0.15, 0.2) is 79.0 Å². The van der Waals surface area contributed by atoms with E-state index in [9.17, 15) is 18.0 Å². The molecule has 1 aromatic heterocycles. The Bertz CT molecular complexity index is 1280. The van der Waals surface area contributed by atoms with Gasteiger partial charge in [-0.15, -0.1) is 13.2 Å². The maximum absolute atomic E-state index is 13.2. The van der Waals surface area contributed by atoms with Crippen LogP contribution in [0.25, 0.3) is 22.0 Å². The lowest BCUT2D eigenvalue weighted by Crippen LogP contribution is -2.19. The van der Waals surface area contributed by atoms with Gasteiger partial charge in [-0.2, -0.15) is 0 Å². The van der Waals surface area contributed by atoms with E-state index >= 15 is 0 Å². The van der Waals surface area contributed by atoms with Crippen molar-refractivity contribution in [2.45, 2.75) is 33.7 Å². The predicted octanol–water partition coefficient (Wildman–Crippen LogP) is 7.48. The number of aromatic nitrogens is 1. The largest absolute Gasteiger partial charge is 0.573 e. The summed E-state index contributed by atoms with van der Waals surface area (Å²) in [4.78, 5) is 13.2. The number of alkyl halides is 3. The van der Waals surface area contributed by atoms with E-state index in [1.807, 2.05) is 75.5 Å². The van der Waals surface area contributed by atoms with E-state index in [4.69, 9.17) is 0 Å². The van der Waals surface area contributed by atoms with Gasteiger partial charge in [-0.1, -0.05) is 69.3 Å². The smallest absolute Gasteiger partial charge is 0.406 e. The van der Waals surface area contributed by atoms with Gasteiger partial charge in [0.25, 0.3) is 0 Å². The molecule has 0 saturated heterocycles. The Morgan fingerprint density at radius 2 is 1.52 bits per heavy atom. The Hall–Kier alpha value is -3.54. The van der Waals surface area contributed by atoms with Crippen molar-refractivity contribution in [3.63, 3.8) is 0 Å². The molecule has 0 amide bonds. The number of ether oxygens (including phenoxy) is 1. The van der Waals surface area contributed by atoms with E-state index in [0.717, 1.165) is 27.6 Å². The highest BCUT2D eigenvalue weighted by Gasteiger charge is 2.31. The van der Waals surface area contributed by atoms with Crippen molar-refractivity contribution in [1.29, 1.82) is 0 Å². The van der Waals surface area contributed by atoms with E-state index in [2.05, 4.69) is 9.30 Å². The fourth-order valence-electron chi connectivity index (χ4n) is 3.82. The minimum Gasteiger partial charge on any atom is -0.406 e. The van der Waals surface area contributed by atoms with E-state index in [-0.39, 0.29) is 11.5 Å². The van der Waals surface area contributed by atoms with Crippen LogP contribution in [0.5, 0.6) is 5.75 Å². The number of Topliss-reactive ketones (excluding diaryl/α,β-unsaturated/α-hetero) is 1. The molecule has 0 atom stereocenters. The van der Waals surface area contributed by atoms with Gasteiger partial charge in [-0.25, -0.2) is 0 Å². The molecule has 0 aliphatic rings. The third-order valence-corrected chi connectivity index (χ3v) is 5.42. The summed E-state index contributed by atoms with van der Waals surface area (Å²) in [5.41, 5.74) is 3.66. The van der Waals surface area contributed by atoms with Gasteiger partial charge in [0, 0.05) is 34.6 Å². The number of ketones is 1. The predicted molar refractivity (Wildman–Crippen MR) is 123 cm³/mol. The lowest BCUT2D eigenvalue weighted by Gasteiger charge is -2.16. The molecule has 0 spiro atoms. The van der Waals surface area contributed by atoms with Crippen LogP contribution in [0.2, 0.25) is 0 Å². The third-order valence-electron chi connectivity index (χ3n) is 5.42. The topological polar surface area (TPSA) is 31.2 Å². The first kappa shape index (κ1) is 22.6. The monoisotopic (exact) mass is 451 g/mol. The number of halogens is 3. The van der Waals surface area contributed by atoms with Gasteiger partial charge < -0.3 is 9.30 Å². The Labute approximate surface area is 190 Å². The zero-order valence-corrected chi connectivity index (χ0v) is 18.6. The number of rotatable bonds is 5. The number of carbonyl (C=O) groups excluding carboxylic acids is 1. The average Bonchev–Trinajstić information content (AvgIpc) is 3.10. The average molecular weight is 451 g/mol. The number of hydrogen-bond acceptors (Lipinski definition) is 2. The lowest BCUT2D eigenvalue weighted by molar-refractivity contribution is -0.274. The quantitative estimate of drug-likeness (QED) is 0.295. The SMILES string of the molecule is CC(C)(C)C(=O)c1cn(Cc2ccccc2)c2ccc(-c3ccc(OC(F)(F)F)cc3)cc12. The Morgan fingerprint density at radius 3 is 2.12 bits per heavy atom. The maximum Gasteiger partial charge on any atom is 0.573 e. The fraction of sp³-hybridized carbons (Fsp3) is 0.222. The van der Waals surface area contributed by atoms with Crippen LogP contribution in [-0.2, 0) is 6.54 Å². The molecule has 4 aromatic rings. The van der Waals surface area contributed by atoms with Crippen LogP contribution in [-0.4, -0.2) is 16.7 Å². The van der Waals surface area contributed by atoms with Crippen molar-refractivity contribution in [2.75, 3.05) is 0 Å². The van der Waals surface area contributed by atoms with Gasteiger partial charge in [0.15, 0.2) is 5.78 Å². The summed E-state index contributed by atoms with van der Waals surface area (Å²) in [7, 11) is 0. The molecule has 3 aromatic carbocycles. The number of hydrogen-bond donors (Lipinski definition) is 0. The molecule has 0 N–H and O–H groups in total. The number of benzene rings is 3. The van der Waals surface area contributed by atoms with Gasteiger partial charge in [0.05, 0.1) is 0 Å². The van der Waals surface area contributed by atoms with Gasteiger partial charge in [-0.3, -0.25) is 4.79 Å². The minimum absolute atomic E-state index is 0.0328. The molecular formula is C27H24F3NO2. The summed E-state index contributed by atoms with van der Waals surface area (Å²) in [5.74, 6) is -0.240. The standard InChI is InChI=1S/C27H24F3NO2/c1-26(2,3)25(32)23-17-31(16-18-7-5-4-6-8-18)24-14-11-20(15-22(23)24)19-9-12-21(13-10-19)33-27(28,29)30/h4-15,17H,16H2,1-3H3. The van der Waals surface area contributed by atoms with Crippen LogP contribution in [0.1, 0.15) is 36.7 Å². The molecule has 6 heteroatoms. The van der Waals surface area contributed by atoms with Crippen LogP contribution in [0.3, 0.4) is 0 Å². The first-order chi connectivity index (χ1) is 15.5. The molecule has 0 aliphatic heterocycles. The molecule has 0 radical (unpaired) electrons. The summed E-state index contributed by atoms with van der Waals surface area (Å²) >= 11 is 0. The van der Waals surface area contributed by atoms with Crippen LogP contribution in [0, 0.1) is 5.41 Å². The summed E-state index contributed by atoms with van der Waals surface area (Å²) < 4.78 is 43.4. The molecule has 170 valence electrons. The molecular weight excluding hydrogens is 427 g/mol. The van der Waals surface area contributed by atoms with E-state index < -0.39 is 11.8 Å². The highest BCUT2D eigenvalue weighted by atomic mass is 19.4. The second-order valence-corrected chi connectivity index (χ2v) is 9.04. The zero-order chi connectivity index (χ0) is 23.8. The second-order valence-electron chi connectivity index (χ2n) is 9.04. The van der Waals surface area contributed by atoms with Crippen LogP contribution >= 0.6 is 0 Å². The van der Waals surface area contributed by atoms with Crippen molar-refractivity contribution in [1.82, 2.24) is 4.57 Å². The molecule has 3 nitrogen and oxygen atoms in total. The number of nitrogens with zero attached hydrogens (tertiary/aromatic N) is 1. The summed E-state index contributed by atoms with van der Waals surface area (Å²) in [6.07, 6.45) is -2.83. The molecule has 33 heavy (non-hydrogen) atoms. The van der Waals surface area contributed by atoms with E-state index in [0.29, 0.717) is 12.1 Å². The number of fused-ring (bicyclic) bond motifs is 1. The Kier molecular flexibility index (Phi) is 5.78. The molecule has 0 fully saturated rings. The van der Waals surface area contributed by atoms with E-state index in [1.54, 1.807) is 12.1 Å². The summed E-state index contributed by atoms with van der Waals surface area (Å²) in [6, 6.07) is 21.5. The van der Waals surface area contributed by atoms with Crippen molar-refractivity contribution < 1.29 is 22.7 Å². The second kappa shape index (κ2) is 8.43. The summed E-state index contributed by atoms with van der Waals surface area (Å²) in [5, 5.41) is 0.818. The van der Waals surface area contributed by atoms with Crippen LogP contribution in [0.4, 0.5) is 13.2 Å². The van der Waals surface area contributed by atoms with Gasteiger partial charge in [-0.05, 0) is 41.0 Å². The molecule has 0 unspecified atom stereocenters. The maximum atomic E-state index is 13.2. The van der Waals surface area contributed by atoms with Crippen molar-refractivity contribution in [3.05, 3.63) is 90.1 Å². The zero-order valence-electron chi connectivity index (χ0n) is 18.6. The van der Waals surface area contributed by atoms with Gasteiger partial charge >= 0.3 is 6.36 Å². The third kappa shape index (κ3) is 5.11. The van der Waals surface area contributed by atoms with Gasteiger partial charge in [0.1, 0.15) is 5.75 Å². The van der Waals surface area contributed by atoms with Crippen molar-refractivity contribution >= 4 is 16.7 Å². The lowest BCUT2D eigenvalue weighted by atomic mass is 9.86. The molecule has 0 bridgehead atoms. The normalized spacial score (nSPS) is 12.2. The van der Waals surface area contributed by atoms with Crippen molar-refractivity contribution in [2.24, 2.45) is 5.41 Å². The first-order valence-electron chi connectivity index (χ1n) is 10.6. The highest BCUT2D eigenvalue weighted by Crippen LogP contribution is 2.33. The summed E-state index contributed by atoms with van der Waals surface area (Å²) in [6.45, 7) is 6.29. The number of carbonyl (C=O) groups is 1. The highest BCUT2D eigenvalue weighted by molar-refractivity contribution is 6.11. The fourth-order valence-corrected chi connectivity index (χ4v) is 3.82. The molecule has 0 aliphatic carbocycles. The molecule has 4 rings (SSSR count). The van der Waals surface area contributed by atoms with E-state index in [1.165, 1.54) is 12.1 Å². The molecule has 0 saturated carbocycles.